The van der Waals surface area contributed by atoms with E-state index in [1.807, 2.05) is 13.0 Å². The Morgan fingerprint density at radius 1 is 1.32 bits per heavy atom. The molecule has 0 radical (unpaired) electrons. The summed E-state index contributed by atoms with van der Waals surface area (Å²) in [5.41, 5.74) is -1.69. The van der Waals surface area contributed by atoms with Crippen molar-refractivity contribution in [2.75, 3.05) is 6.61 Å². The zero-order valence-corrected chi connectivity index (χ0v) is 19.2. The summed E-state index contributed by atoms with van der Waals surface area (Å²) < 4.78 is 44.6. The van der Waals surface area contributed by atoms with Gasteiger partial charge in [-0.25, -0.2) is 4.68 Å². The summed E-state index contributed by atoms with van der Waals surface area (Å²) in [5, 5.41) is 13.5. The van der Waals surface area contributed by atoms with E-state index in [0.717, 1.165) is 29.6 Å². The van der Waals surface area contributed by atoms with Crippen LogP contribution in [0.25, 0.3) is 5.69 Å². The number of ether oxygens (including phenoxy) is 1. The Morgan fingerprint density at radius 2 is 1.90 bits per heavy atom. The third-order valence-electron chi connectivity index (χ3n) is 4.88. The molecule has 1 aromatic heterocycles. The Labute approximate surface area is 196 Å². The van der Waals surface area contributed by atoms with Crippen molar-refractivity contribution in [3.05, 3.63) is 39.0 Å². The minimum Gasteiger partial charge on any atom is -0.483 e. The first-order valence-corrected chi connectivity index (χ1v) is 10.5. The molecule has 166 valence electrons. The molecule has 2 aromatic rings. The largest absolute Gasteiger partial charge is 0.483 e. The molecule has 0 N–H and O–H groups in total. The van der Waals surface area contributed by atoms with Crippen LogP contribution in [0, 0.1) is 11.3 Å². The second-order valence-corrected chi connectivity index (χ2v) is 9.47. The van der Waals surface area contributed by atoms with Gasteiger partial charge in [-0.1, -0.05) is 37.0 Å². The van der Waals surface area contributed by atoms with Crippen LogP contribution in [0.3, 0.4) is 0 Å². The van der Waals surface area contributed by atoms with Crippen molar-refractivity contribution in [2.45, 2.75) is 42.6 Å². The van der Waals surface area contributed by atoms with E-state index < -0.39 is 21.5 Å². The summed E-state index contributed by atoms with van der Waals surface area (Å²) in [5.74, 6) is -0.0191. The number of nitriles is 1. The fourth-order valence-corrected chi connectivity index (χ4v) is 4.38. The van der Waals surface area contributed by atoms with E-state index in [2.05, 4.69) is 10.1 Å². The fraction of sp³-hybridized carbons (Fsp3) is 0.421. The van der Waals surface area contributed by atoms with Crippen LogP contribution < -0.4 is 0 Å². The van der Waals surface area contributed by atoms with Gasteiger partial charge in [-0.05, 0) is 25.0 Å². The highest BCUT2D eigenvalue weighted by molar-refractivity contribution is 6.52. The number of nitrogens with zero attached hydrogens (tertiary/aromatic N) is 4. The maximum absolute atomic E-state index is 13.1. The van der Waals surface area contributed by atoms with Crippen molar-refractivity contribution in [3.63, 3.8) is 0 Å². The van der Waals surface area contributed by atoms with Gasteiger partial charge in [0.05, 0.1) is 27.9 Å². The number of hydrogen-bond donors (Lipinski definition) is 0. The first kappa shape index (κ1) is 24.0. The van der Waals surface area contributed by atoms with Crippen molar-refractivity contribution in [1.82, 2.24) is 9.78 Å². The van der Waals surface area contributed by atoms with Gasteiger partial charge in [-0.15, -0.1) is 23.2 Å². The molecule has 0 spiro atoms. The lowest BCUT2D eigenvalue weighted by atomic mass is 10.0. The predicted molar refractivity (Wildman–Crippen MR) is 114 cm³/mol. The van der Waals surface area contributed by atoms with Crippen LogP contribution in [0.5, 0.6) is 0 Å². The normalized spacial score (nSPS) is 20.1. The van der Waals surface area contributed by atoms with Gasteiger partial charge in [-0.3, -0.25) is 0 Å². The van der Waals surface area contributed by atoms with Gasteiger partial charge in [0, 0.05) is 5.41 Å². The lowest BCUT2D eigenvalue weighted by Crippen LogP contribution is -2.13. The maximum atomic E-state index is 13.1. The van der Waals surface area contributed by atoms with Gasteiger partial charge < -0.3 is 4.74 Å². The molecule has 0 saturated heterocycles. The first-order valence-electron chi connectivity index (χ1n) is 8.99. The quantitative estimate of drug-likeness (QED) is 0.181. The maximum Gasteiger partial charge on any atom is 0.416 e. The molecule has 1 saturated carbocycles. The van der Waals surface area contributed by atoms with Crippen molar-refractivity contribution in [1.29, 1.82) is 5.26 Å². The highest BCUT2D eigenvalue weighted by Gasteiger charge is 2.66. The van der Waals surface area contributed by atoms with Crippen LogP contribution in [0.1, 0.15) is 43.5 Å². The average molecular weight is 514 g/mol. The molecular weight excluding hydrogens is 499 g/mol. The molecule has 1 aliphatic carbocycles. The van der Waals surface area contributed by atoms with E-state index >= 15 is 0 Å². The smallest absolute Gasteiger partial charge is 0.416 e. The molecule has 3 rings (SSSR count). The van der Waals surface area contributed by atoms with E-state index in [-0.39, 0.29) is 32.8 Å². The van der Waals surface area contributed by atoms with Crippen molar-refractivity contribution < 1.29 is 17.9 Å². The summed E-state index contributed by atoms with van der Waals surface area (Å²) in [6, 6.07) is 3.47. The second-order valence-electron chi connectivity index (χ2n) is 7.18. The Kier molecular flexibility index (Phi) is 6.47. The summed E-state index contributed by atoms with van der Waals surface area (Å²) in [4.78, 5) is 4.16. The second kappa shape index (κ2) is 8.36. The number of halogens is 7. The number of aromatic nitrogens is 2. The van der Waals surface area contributed by atoms with Crippen LogP contribution in [0.15, 0.2) is 17.1 Å². The predicted octanol–water partition coefficient (Wildman–Crippen LogP) is 6.99. The number of hydrogen-bond acceptors (Lipinski definition) is 4. The minimum absolute atomic E-state index is 0.0191. The average Bonchev–Trinajstić information content (AvgIpc) is 3.01. The van der Waals surface area contributed by atoms with Gasteiger partial charge in [0.25, 0.3) is 0 Å². The van der Waals surface area contributed by atoms with Crippen molar-refractivity contribution >= 4 is 58.6 Å². The number of alkyl halides is 5. The monoisotopic (exact) mass is 512 g/mol. The first-order chi connectivity index (χ1) is 14.4. The Hall–Kier alpha value is -1.66. The van der Waals surface area contributed by atoms with Gasteiger partial charge in [-0.2, -0.15) is 28.5 Å². The molecule has 1 aromatic carbocycles. The van der Waals surface area contributed by atoms with Crippen LogP contribution in [0.2, 0.25) is 10.0 Å². The summed E-state index contributed by atoms with van der Waals surface area (Å²) in [7, 11) is 0. The van der Waals surface area contributed by atoms with E-state index in [4.69, 9.17) is 51.1 Å². The summed E-state index contributed by atoms with van der Waals surface area (Å²) >= 11 is 24.8. The molecule has 1 unspecified atom stereocenters. The molecule has 5 nitrogen and oxygen atoms in total. The third-order valence-corrected chi connectivity index (χ3v) is 6.56. The number of rotatable bonds is 6. The Bertz CT molecular complexity index is 1070. The van der Waals surface area contributed by atoms with E-state index in [1.54, 1.807) is 6.92 Å². The molecular formula is C19H15Cl4F3N4O. The SMILES string of the molecule is CCCOC=Nc1c(C#N)c(C2(C)CC2(Cl)Cl)nn1-c1c(Cl)cc(C(F)(F)F)cc1Cl. The topological polar surface area (TPSA) is 63.2 Å². The third kappa shape index (κ3) is 4.34. The van der Waals surface area contributed by atoms with E-state index in [9.17, 15) is 18.4 Å². The van der Waals surface area contributed by atoms with Gasteiger partial charge in [0.2, 0.25) is 0 Å². The van der Waals surface area contributed by atoms with Crippen LogP contribution in [0.4, 0.5) is 19.0 Å². The summed E-state index contributed by atoms with van der Waals surface area (Å²) in [6.45, 7) is 3.99. The fourth-order valence-electron chi connectivity index (χ4n) is 3.02. The molecule has 31 heavy (non-hydrogen) atoms. The molecule has 1 aliphatic rings. The van der Waals surface area contributed by atoms with E-state index in [0.29, 0.717) is 13.0 Å². The van der Waals surface area contributed by atoms with Crippen LogP contribution in [-0.4, -0.2) is 27.1 Å². The molecule has 1 fully saturated rings. The molecule has 1 atom stereocenters. The van der Waals surface area contributed by atoms with E-state index in [1.165, 1.54) is 0 Å². The Morgan fingerprint density at radius 3 is 2.35 bits per heavy atom. The van der Waals surface area contributed by atoms with Crippen LogP contribution in [-0.2, 0) is 16.3 Å². The summed E-state index contributed by atoms with van der Waals surface area (Å²) in [6.07, 6.45) is -2.49. The van der Waals surface area contributed by atoms with Crippen molar-refractivity contribution in [3.8, 4) is 11.8 Å². The van der Waals surface area contributed by atoms with Gasteiger partial charge in [0.15, 0.2) is 12.2 Å². The molecule has 0 aliphatic heterocycles. The van der Waals surface area contributed by atoms with Gasteiger partial charge in [0.1, 0.15) is 21.7 Å². The Balaban J connectivity index is 2.24. The molecule has 1 heterocycles. The lowest BCUT2D eigenvalue weighted by Gasteiger charge is -2.13. The standard InChI is InChI=1S/C19H15Cl4F3N4O/c1-3-4-31-9-28-16-11(7-27)15(17(2)8-18(17,22)23)29-30(16)14-12(20)5-10(6-13(14)21)19(24,25)26/h5-6,9H,3-4,8H2,1-2H3. The lowest BCUT2D eigenvalue weighted by molar-refractivity contribution is -0.137. The highest BCUT2D eigenvalue weighted by Crippen LogP contribution is 2.65. The number of aliphatic imine (C=N–C) groups is 1. The van der Waals surface area contributed by atoms with Crippen LogP contribution >= 0.6 is 46.4 Å². The van der Waals surface area contributed by atoms with Gasteiger partial charge >= 0.3 is 6.18 Å². The zero-order chi connectivity index (χ0) is 23.2. The molecule has 0 amide bonds. The highest BCUT2D eigenvalue weighted by atomic mass is 35.5. The molecule has 12 heteroatoms. The molecule has 0 bridgehead atoms. The van der Waals surface area contributed by atoms with Crippen molar-refractivity contribution in [2.24, 2.45) is 4.99 Å². The number of benzene rings is 1. The zero-order valence-electron chi connectivity index (χ0n) is 16.2. The minimum atomic E-state index is -4.65.